The van der Waals surface area contributed by atoms with Crippen molar-refractivity contribution in [2.75, 3.05) is 19.7 Å². The molecule has 1 amide bonds. The van der Waals surface area contributed by atoms with Crippen molar-refractivity contribution in [1.29, 1.82) is 0 Å². The average Bonchev–Trinajstić information content (AvgIpc) is 3.19. The number of nitrogens with zero attached hydrogens (tertiary/aromatic N) is 4. The summed E-state index contributed by atoms with van der Waals surface area (Å²) in [5.74, 6) is -0.123. The number of carbonyl (C=O) groups is 1. The normalized spacial score (nSPS) is 17.0. The molecule has 0 saturated carbocycles. The van der Waals surface area contributed by atoms with Gasteiger partial charge in [0.25, 0.3) is 5.91 Å². The number of aromatic nitrogens is 3. The maximum absolute atomic E-state index is 12.9. The van der Waals surface area contributed by atoms with E-state index >= 15 is 0 Å². The SMILES string of the molecule is Cc1nnsc1C(=O)N1CCO[C@H](c2ccc(Cc3cccc(C(F)(F)F)c3)cn2)C1. The third-order valence-electron chi connectivity index (χ3n) is 5.04. The van der Waals surface area contributed by atoms with Crippen LogP contribution in [0.3, 0.4) is 0 Å². The van der Waals surface area contributed by atoms with E-state index in [-0.39, 0.29) is 12.0 Å². The van der Waals surface area contributed by atoms with Crippen LogP contribution in [0.25, 0.3) is 0 Å². The molecule has 0 N–H and O–H groups in total. The van der Waals surface area contributed by atoms with Gasteiger partial charge in [-0.1, -0.05) is 28.8 Å². The van der Waals surface area contributed by atoms with Gasteiger partial charge in [-0.25, -0.2) is 0 Å². The van der Waals surface area contributed by atoms with Crippen molar-refractivity contribution in [3.05, 3.63) is 75.6 Å². The molecule has 1 aliphatic rings. The minimum atomic E-state index is -4.37. The van der Waals surface area contributed by atoms with E-state index in [9.17, 15) is 18.0 Å². The van der Waals surface area contributed by atoms with Gasteiger partial charge in [-0.2, -0.15) is 13.2 Å². The molecule has 4 rings (SSSR count). The highest BCUT2D eigenvalue weighted by Crippen LogP contribution is 2.30. The molecular weight excluding hydrogens is 429 g/mol. The van der Waals surface area contributed by atoms with Gasteiger partial charge in [-0.3, -0.25) is 9.78 Å². The van der Waals surface area contributed by atoms with Gasteiger partial charge in [-0.05, 0) is 48.1 Å². The summed E-state index contributed by atoms with van der Waals surface area (Å²) in [6.07, 6.45) is -2.77. The molecule has 1 aliphatic heterocycles. The van der Waals surface area contributed by atoms with Crippen LogP contribution >= 0.6 is 11.5 Å². The fraction of sp³-hybridized carbons (Fsp3) is 0.333. The van der Waals surface area contributed by atoms with Gasteiger partial charge < -0.3 is 9.64 Å². The maximum atomic E-state index is 12.9. The lowest BCUT2D eigenvalue weighted by molar-refractivity contribution is -0.137. The molecule has 0 bridgehead atoms. The second kappa shape index (κ2) is 8.72. The first-order chi connectivity index (χ1) is 14.8. The number of carbonyl (C=O) groups excluding carboxylic acids is 1. The van der Waals surface area contributed by atoms with Crippen LogP contribution in [0.2, 0.25) is 0 Å². The number of hydrogen-bond donors (Lipinski definition) is 0. The zero-order chi connectivity index (χ0) is 22.0. The Morgan fingerprint density at radius 3 is 2.77 bits per heavy atom. The zero-order valence-corrected chi connectivity index (χ0v) is 17.4. The molecule has 3 heterocycles. The second-order valence-corrected chi connectivity index (χ2v) is 8.02. The Morgan fingerprint density at radius 1 is 1.26 bits per heavy atom. The standard InChI is InChI=1S/C21H19F3N4O2S/c1-13-19(31-27-26-13)20(29)28-7-8-30-18(12-28)17-6-5-15(11-25-17)9-14-3-2-4-16(10-14)21(22,23)24/h2-6,10-11,18H,7-9,12H2,1H3/t18-/m0/s1. The lowest BCUT2D eigenvalue weighted by atomic mass is 10.0. The summed E-state index contributed by atoms with van der Waals surface area (Å²) in [5.41, 5.74) is 1.96. The molecule has 10 heteroatoms. The Labute approximate surface area is 180 Å². The molecule has 1 atom stereocenters. The number of ether oxygens (including phenoxy) is 1. The molecule has 1 fully saturated rings. The molecule has 162 valence electrons. The Kier molecular flexibility index (Phi) is 6.01. The molecule has 3 aromatic rings. The van der Waals surface area contributed by atoms with E-state index in [1.165, 1.54) is 6.07 Å². The molecule has 1 saturated heterocycles. The lowest BCUT2D eigenvalue weighted by Crippen LogP contribution is -2.42. The number of aryl methyl sites for hydroxylation is 1. The van der Waals surface area contributed by atoms with Crippen molar-refractivity contribution < 1.29 is 22.7 Å². The summed E-state index contributed by atoms with van der Waals surface area (Å²) >= 11 is 1.07. The third-order valence-corrected chi connectivity index (χ3v) is 5.86. The van der Waals surface area contributed by atoms with Gasteiger partial charge in [-0.15, -0.1) is 5.10 Å². The van der Waals surface area contributed by atoms with Crippen LogP contribution in [0, 0.1) is 6.92 Å². The number of morpholine rings is 1. The number of alkyl halides is 3. The fourth-order valence-electron chi connectivity index (χ4n) is 3.41. The predicted molar refractivity (Wildman–Crippen MR) is 108 cm³/mol. The molecule has 1 aromatic carbocycles. The first-order valence-corrected chi connectivity index (χ1v) is 10.4. The number of amides is 1. The maximum Gasteiger partial charge on any atom is 0.416 e. The molecular formula is C21H19F3N4O2S. The van der Waals surface area contributed by atoms with E-state index in [0.717, 1.165) is 29.2 Å². The average molecular weight is 448 g/mol. The lowest BCUT2D eigenvalue weighted by Gasteiger charge is -2.32. The number of benzene rings is 1. The van der Waals surface area contributed by atoms with Crippen LogP contribution < -0.4 is 0 Å². The van der Waals surface area contributed by atoms with Gasteiger partial charge in [0, 0.05) is 12.7 Å². The highest BCUT2D eigenvalue weighted by molar-refractivity contribution is 7.07. The van der Waals surface area contributed by atoms with Crippen molar-refractivity contribution in [3.8, 4) is 0 Å². The highest BCUT2D eigenvalue weighted by atomic mass is 32.1. The van der Waals surface area contributed by atoms with E-state index in [4.69, 9.17) is 4.74 Å². The number of hydrogen-bond acceptors (Lipinski definition) is 6. The topological polar surface area (TPSA) is 68.2 Å². The second-order valence-electron chi connectivity index (χ2n) is 7.26. The van der Waals surface area contributed by atoms with Crippen molar-refractivity contribution in [2.24, 2.45) is 0 Å². The summed E-state index contributed by atoms with van der Waals surface area (Å²) in [5, 5.41) is 3.89. The van der Waals surface area contributed by atoms with E-state index in [2.05, 4.69) is 14.6 Å². The molecule has 0 unspecified atom stereocenters. The van der Waals surface area contributed by atoms with Crippen LogP contribution in [0.4, 0.5) is 13.2 Å². The minimum absolute atomic E-state index is 0.123. The number of pyridine rings is 1. The summed E-state index contributed by atoms with van der Waals surface area (Å²) < 4.78 is 48.3. The van der Waals surface area contributed by atoms with Crippen LogP contribution in [-0.4, -0.2) is 45.1 Å². The van der Waals surface area contributed by atoms with Crippen LogP contribution in [0.5, 0.6) is 0 Å². The first kappa shape index (κ1) is 21.4. The third kappa shape index (κ3) is 4.91. The van der Waals surface area contributed by atoms with Crippen LogP contribution in [0.15, 0.2) is 42.6 Å². The summed E-state index contributed by atoms with van der Waals surface area (Å²) in [6.45, 7) is 2.96. The van der Waals surface area contributed by atoms with Gasteiger partial charge >= 0.3 is 6.18 Å². The minimum Gasteiger partial charge on any atom is -0.368 e. The van der Waals surface area contributed by atoms with E-state index in [0.29, 0.717) is 47.9 Å². The van der Waals surface area contributed by atoms with Crippen molar-refractivity contribution in [1.82, 2.24) is 19.5 Å². The van der Waals surface area contributed by atoms with E-state index in [1.54, 1.807) is 30.2 Å². The Bertz CT molecular complexity index is 1070. The quantitative estimate of drug-likeness (QED) is 0.602. The number of rotatable bonds is 4. The summed E-state index contributed by atoms with van der Waals surface area (Å²) in [7, 11) is 0. The number of halogens is 3. The van der Waals surface area contributed by atoms with Gasteiger partial charge in [0.2, 0.25) is 0 Å². The molecule has 31 heavy (non-hydrogen) atoms. The molecule has 6 nitrogen and oxygen atoms in total. The van der Waals surface area contributed by atoms with Crippen molar-refractivity contribution in [2.45, 2.75) is 25.6 Å². The van der Waals surface area contributed by atoms with E-state index < -0.39 is 11.7 Å². The molecule has 2 aromatic heterocycles. The monoisotopic (exact) mass is 448 g/mol. The van der Waals surface area contributed by atoms with Gasteiger partial charge in [0.05, 0.1) is 30.1 Å². The van der Waals surface area contributed by atoms with Gasteiger partial charge in [0.1, 0.15) is 11.0 Å². The van der Waals surface area contributed by atoms with Gasteiger partial charge in [0.15, 0.2) is 0 Å². The first-order valence-electron chi connectivity index (χ1n) is 9.62. The molecule has 0 radical (unpaired) electrons. The smallest absolute Gasteiger partial charge is 0.368 e. The Morgan fingerprint density at radius 2 is 2.10 bits per heavy atom. The highest BCUT2D eigenvalue weighted by Gasteiger charge is 2.31. The van der Waals surface area contributed by atoms with Crippen molar-refractivity contribution >= 4 is 17.4 Å². The summed E-state index contributed by atoms with van der Waals surface area (Å²) in [6, 6.07) is 8.89. The Hall–Kier alpha value is -2.85. The van der Waals surface area contributed by atoms with Crippen LogP contribution in [0.1, 0.15) is 43.9 Å². The zero-order valence-electron chi connectivity index (χ0n) is 16.6. The van der Waals surface area contributed by atoms with Crippen LogP contribution in [-0.2, 0) is 17.3 Å². The largest absolute Gasteiger partial charge is 0.416 e. The van der Waals surface area contributed by atoms with Crippen molar-refractivity contribution in [3.63, 3.8) is 0 Å². The van der Waals surface area contributed by atoms with E-state index in [1.807, 2.05) is 6.07 Å². The molecule has 0 spiro atoms. The molecule has 0 aliphatic carbocycles. The fourth-order valence-corrected chi connectivity index (χ4v) is 4.03. The summed E-state index contributed by atoms with van der Waals surface area (Å²) in [4.78, 5) is 19.4. The Balaban J connectivity index is 1.43. The predicted octanol–water partition coefficient (Wildman–Crippen LogP) is 4.06.